The van der Waals surface area contributed by atoms with Crippen molar-refractivity contribution in [2.75, 3.05) is 26.8 Å². The van der Waals surface area contributed by atoms with Gasteiger partial charge in [-0.3, -0.25) is 4.79 Å². The average molecular weight is 200 g/mol. The Labute approximate surface area is 80.9 Å². The van der Waals surface area contributed by atoms with Crippen LogP contribution in [0, 0.1) is 0 Å². The van der Waals surface area contributed by atoms with E-state index in [0.717, 1.165) is 25.9 Å². The summed E-state index contributed by atoms with van der Waals surface area (Å²) in [6.07, 6.45) is 1.83. The number of likely N-dealkylation sites (tertiary alicyclic amines) is 1. The zero-order valence-electron chi connectivity index (χ0n) is 7.84. The summed E-state index contributed by atoms with van der Waals surface area (Å²) in [7, 11) is 5.60. The first-order valence-electron chi connectivity index (χ1n) is 4.61. The molecule has 13 heavy (non-hydrogen) atoms. The van der Waals surface area contributed by atoms with Crippen molar-refractivity contribution in [2.45, 2.75) is 18.4 Å². The molecule has 2 saturated heterocycles. The molecule has 1 spiro atoms. The Morgan fingerprint density at radius 3 is 2.54 bits per heavy atom. The van der Waals surface area contributed by atoms with E-state index >= 15 is 0 Å². The van der Waals surface area contributed by atoms with Crippen molar-refractivity contribution in [1.82, 2.24) is 14.9 Å². The Balaban J connectivity index is 2.15. The van der Waals surface area contributed by atoms with Gasteiger partial charge >= 0.3 is 0 Å². The second kappa shape index (κ2) is 3.19. The lowest BCUT2D eigenvalue weighted by Crippen LogP contribution is -2.52. The number of hydrogen-bond donors (Lipinski definition) is 1. The van der Waals surface area contributed by atoms with Crippen LogP contribution in [0.2, 0.25) is 0 Å². The highest BCUT2D eigenvalue weighted by atomic mass is 31.0. The van der Waals surface area contributed by atoms with Crippen LogP contribution in [0.1, 0.15) is 12.8 Å². The van der Waals surface area contributed by atoms with Crippen molar-refractivity contribution in [3.8, 4) is 0 Å². The lowest BCUT2D eigenvalue weighted by Gasteiger charge is -2.44. The van der Waals surface area contributed by atoms with Gasteiger partial charge in [0.1, 0.15) is 0 Å². The summed E-state index contributed by atoms with van der Waals surface area (Å²) in [5.41, 5.74) is -0.274. The molecule has 0 aromatic rings. The fourth-order valence-corrected chi connectivity index (χ4v) is 2.48. The molecule has 0 saturated carbocycles. The standard InChI is InChI=1S/C8H15N3OP/c1-10-4-2-8(3-5-10)7(12)9-6-11(8)13/h13H,2-6H2,1H3,(H,9,12)/q-1. The molecule has 74 valence electrons. The van der Waals surface area contributed by atoms with Crippen molar-refractivity contribution in [3.05, 3.63) is 0 Å². The van der Waals surface area contributed by atoms with E-state index in [9.17, 15) is 4.79 Å². The summed E-state index contributed by atoms with van der Waals surface area (Å²) < 4.78 is 1.96. The fourth-order valence-electron chi connectivity index (χ4n) is 2.07. The summed E-state index contributed by atoms with van der Waals surface area (Å²) >= 11 is 0. The summed E-state index contributed by atoms with van der Waals surface area (Å²) in [6, 6.07) is 0. The van der Waals surface area contributed by atoms with Crippen LogP contribution in [-0.4, -0.2) is 47.8 Å². The zero-order chi connectivity index (χ0) is 9.47. The molecule has 0 bridgehead atoms. The number of amides is 1. The summed E-state index contributed by atoms with van der Waals surface area (Å²) in [5, 5.41) is 2.86. The predicted octanol–water partition coefficient (Wildman–Crippen LogP) is -0.102. The van der Waals surface area contributed by atoms with Crippen LogP contribution >= 0.6 is 9.39 Å². The van der Waals surface area contributed by atoms with Gasteiger partial charge < -0.3 is 24.3 Å². The summed E-state index contributed by atoms with van der Waals surface area (Å²) in [5.74, 6) is 0.176. The van der Waals surface area contributed by atoms with Crippen LogP contribution in [-0.2, 0) is 4.79 Å². The van der Waals surface area contributed by atoms with E-state index in [1.807, 2.05) is 4.67 Å². The highest BCUT2D eigenvalue weighted by Gasteiger charge is 2.44. The average Bonchev–Trinajstić information content (AvgIpc) is 2.39. The van der Waals surface area contributed by atoms with Gasteiger partial charge in [0.15, 0.2) is 0 Å². The van der Waals surface area contributed by atoms with E-state index in [2.05, 4.69) is 26.7 Å². The van der Waals surface area contributed by atoms with Gasteiger partial charge in [-0.05, 0) is 19.9 Å². The number of piperidine rings is 1. The minimum absolute atomic E-state index is 0.176. The number of hydrogen-bond acceptors (Lipinski definition) is 3. The zero-order valence-corrected chi connectivity index (χ0v) is 8.84. The van der Waals surface area contributed by atoms with Crippen molar-refractivity contribution < 1.29 is 4.79 Å². The molecule has 2 heterocycles. The lowest BCUT2D eigenvalue weighted by atomic mass is 9.88. The van der Waals surface area contributed by atoms with Crippen LogP contribution in [0.5, 0.6) is 0 Å². The first kappa shape index (κ1) is 9.38. The fraction of sp³-hybridized carbons (Fsp3) is 0.875. The van der Waals surface area contributed by atoms with Gasteiger partial charge in [-0.1, -0.05) is 0 Å². The second-order valence-corrected chi connectivity index (χ2v) is 4.47. The Bertz CT molecular complexity index is 225. The minimum Gasteiger partial charge on any atom is -0.474 e. The van der Waals surface area contributed by atoms with Crippen LogP contribution in [0.15, 0.2) is 0 Å². The molecule has 1 N–H and O–H groups in total. The van der Waals surface area contributed by atoms with Gasteiger partial charge in [-0.25, -0.2) is 0 Å². The number of carbonyl (C=O) groups excluding carboxylic acids is 1. The Kier molecular flexibility index (Phi) is 2.30. The molecule has 5 heteroatoms. The first-order valence-corrected chi connectivity index (χ1v) is 5.06. The summed E-state index contributed by atoms with van der Waals surface area (Å²) in [4.78, 5) is 13.9. The van der Waals surface area contributed by atoms with Crippen LogP contribution in [0.4, 0.5) is 0 Å². The Morgan fingerprint density at radius 2 is 2.08 bits per heavy atom. The number of rotatable bonds is 0. The van der Waals surface area contributed by atoms with E-state index in [1.54, 1.807) is 0 Å². The van der Waals surface area contributed by atoms with Gasteiger partial charge in [-0.2, -0.15) is 0 Å². The van der Waals surface area contributed by atoms with Crippen molar-refractivity contribution in [3.63, 3.8) is 0 Å². The third kappa shape index (κ3) is 1.37. The largest absolute Gasteiger partial charge is 0.474 e. The van der Waals surface area contributed by atoms with Crippen molar-refractivity contribution in [1.29, 1.82) is 0 Å². The molecule has 0 unspecified atom stereocenters. The molecule has 0 radical (unpaired) electrons. The molecule has 1 amide bonds. The number of nitrogens with one attached hydrogen (secondary N) is 1. The van der Waals surface area contributed by atoms with Crippen LogP contribution in [0.3, 0.4) is 0 Å². The third-order valence-electron chi connectivity index (χ3n) is 3.15. The third-order valence-corrected chi connectivity index (χ3v) is 3.74. The molecule has 2 aliphatic rings. The Morgan fingerprint density at radius 1 is 1.46 bits per heavy atom. The summed E-state index contributed by atoms with van der Waals surface area (Å²) in [6.45, 7) is 2.61. The first-order chi connectivity index (χ1) is 6.15. The van der Waals surface area contributed by atoms with Crippen molar-refractivity contribution >= 4 is 15.3 Å². The smallest absolute Gasteiger partial charge is 0.239 e. The molecule has 2 aliphatic heterocycles. The molecule has 0 atom stereocenters. The van der Waals surface area contributed by atoms with E-state index in [1.165, 1.54) is 0 Å². The number of nitrogens with zero attached hydrogens (tertiary/aromatic N) is 2. The minimum atomic E-state index is -0.274. The van der Waals surface area contributed by atoms with Crippen molar-refractivity contribution in [2.24, 2.45) is 0 Å². The predicted molar refractivity (Wildman–Crippen MR) is 52.6 cm³/mol. The van der Waals surface area contributed by atoms with Crippen LogP contribution < -0.4 is 5.32 Å². The van der Waals surface area contributed by atoms with Gasteiger partial charge in [0.25, 0.3) is 0 Å². The topological polar surface area (TPSA) is 35.6 Å². The maximum atomic E-state index is 11.7. The van der Waals surface area contributed by atoms with Gasteiger partial charge in [0.2, 0.25) is 5.91 Å². The molecular formula is C8H15N3OP-. The van der Waals surface area contributed by atoms with E-state index in [4.69, 9.17) is 0 Å². The van der Waals surface area contributed by atoms with E-state index in [0.29, 0.717) is 6.67 Å². The normalized spacial score (nSPS) is 29.5. The maximum Gasteiger partial charge on any atom is 0.239 e. The van der Waals surface area contributed by atoms with E-state index < -0.39 is 0 Å². The Hall–Kier alpha value is -0.180. The van der Waals surface area contributed by atoms with Crippen LogP contribution in [0.25, 0.3) is 0 Å². The molecule has 4 nitrogen and oxygen atoms in total. The highest BCUT2D eigenvalue weighted by molar-refractivity contribution is 7.13. The molecular weight excluding hydrogens is 185 g/mol. The molecule has 2 rings (SSSR count). The van der Waals surface area contributed by atoms with Gasteiger partial charge in [0, 0.05) is 19.8 Å². The van der Waals surface area contributed by atoms with Gasteiger partial charge in [0.05, 0.1) is 5.54 Å². The molecule has 0 aliphatic carbocycles. The highest BCUT2D eigenvalue weighted by Crippen LogP contribution is 2.33. The molecule has 2 fully saturated rings. The van der Waals surface area contributed by atoms with Gasteiger partial charge in [-0.15, -0.1) is 0 Å². The SMILES string of the molecule is CN1CCC2(CC1)C(=O)NCN2[PH-]. The molecule has 0 aromatic heterocycles. The van der Waals surface area contributed by atoms with E-state index in [-0.39, 0.29) is 11.4 Å². The second-order valence-electron chi connectivity index (χ2n) is 3.93. The molecule has 0 aromatic carbocycles. The maximum absolute atomic E-state index is 11.7. The lowest BCUT2D eigenvalue weighted by molar-refractivity contribution is -0.127. The quantitative estimate of drug-likeness (QED) is 0.554. The number of carbonyl (C=O) groups is 1. The monoisotopic (exact) mass is 200 g/mol.